The van der Waals surface area contributed by atoms with Crippen molar-refractivity contribution in [3.05, 3.63) is 106 Å². The molecule has 2 saturated heterocycles. The summed E-state index contributed by atoms with van der Waals surface area (Å²) in [6, 6.07) is 17.2. The Morgan fingerprint density at radius 1 is 0.979 bits per heavy atom. The van der Waals surface area contributed by atoms with Gasteiger partial charge in [0.25, 0.3) is 15.9 Å². The maximum absolute atomic E-state index is 15.6. The highest BCUT2D eigenvalue weighted by Crippen LogP contribution is 2.56. The molecular formula is C36H40ClN5O5S. The number of anilines is 1. The van der Waals surface area contributed by atoms with E-state index in [9.17, 15) is 8.42 Å². The zero-order valence-corrected chi connectivity index (χ0v) is 29.0. The van der Waals surface area contributed by atoms with Gasteiger partial charge in [-0.15, -0.1) is 0 Å². The van der Waals surface area contributed by atoms with Crippen LogP contribution in [0.3, 0.4) is 0 Å². The lowest BCUT2D eigenvalue weighted by atomic mass is 9.80. The molecule has 1 aromatic heterocycles. The molecule has 0 radical (unpaired) electrons. The lowest BCUT2D eigenvalue weighted by Gasteiger charge is -2.41. The fourth-order valence-corrected chi connectivity index (χ4v) is 9.14. The Bertz CT molecular complexity index is 1910. The first kappa shape index (κ1) is 32.8. The van der Waals surface area contributed by atoms with Crippen molar-refractivity contribution in [3.8, 4) is 5.75 Å². The smallest absolute Gasteiger partial charge is 0.271 e. The van der Waals surface area contributed by atoms with Crippen LogP contribution in [-0.2, 0) is 33.3 Å². The molecule has 4 heterocycles. The number of aromatic nitrogens is 1. The van der Waals surface area contributed by atoms with E-state index < -0.39 is 27.5 Å². The Balaban J connectivity index is 1.46. The number of rotatable bonds is 9. The third-order valence-corrected chi connectivity index (χ3v) is 12.0. The van der Waals surface area contributed by atoms with Crippen molar-refractivity contribution in [1.82, 2.24) is 19.7 Å². The van der Waals surface area contributed by atoms with Gasteiger partial charge in [-0.25, -0.2) is 17.7 Å². The van der Waals surface area contributed by atoms with Crippen molar-refractivity contribution in [1.29, 1.82) is 0 Å². The predicted octanol–water partition coefficient (Wildman–Crippen LogP) is 5.46. The monoisotopic (exact) mass is 689 g/mol. The first-order valence-corrected chi connectivity index (χ1v) is 18.2. The first-order valence-electron chi connectivity index (χ1n) is 16.4. The molecule has 0 saturated carbocycles. The van der Waals surface area contributed by atoms with Gasteiger partial charge in [0.15, 0.2) is 5.54 Å². The number of carbonyl (C=O) groups excluding carboxylic acids is 1. The highest BCUT2D eigenvalue weighted by Gasteiger charge is 2.62. The Hall–Kier alpha value is -3.74. The summed E-state index contributed by atoms with van der Waals surface area (Å²) < 4.78 is 42.1. The summed E-state index contributed by atoms with van der Waals surface area (Å²) >= 11 is 6.72. The third kappa shape index (κ3) is 5.42. The Morgan fingerprint density at radius 2 is 1.73 bits per heavy atom. The molecule has 3 aliphatic rings. The van der Waals surface area contributed by atoms with Crippen LogP contribution in [-0.4, -0.2) is 80.9 Å². The number of carbonyl (C=O) groups is 1. The third-order valence-electron chi connectivity index (χ3n) is 10.0. The lowest BCUT2D eigenvalue weighted by Crippen LogP contribution is -2.54. The molecule has 10 nitrogen and oxygen atoms in total. The molecule has 3 aromatic carbocycles. The van der Waals surface area contributed by atoms with Gasteiger partial charge in [-0.1, -0.05) is 36.7 Å². The van der Waals surface area contributed by atoms with E-state index in [0.717, 1.165) is 54.5 Å². The summed E-state index contributed by atoms with van der Waals surface area (Å²) in [4.78, 5) is 26.9. The molecule has 4 aromatic rings. The average molecular weight is 690 g/mol. The summed E-state index contributed by atoms with van der Waals surface area (Å²) in [6.45, 7) is 6.93. The quantitative estimate of drug-likeness (QED) is 0.227. The highest BCUT2D eigenvalue weighted by atomic mass is 35.5. The van der Waals surface area contributed by atoms with E-state index in [2.05, 4.69) is 21.8 Å². The van der Waals surface area contributed by atoms with E-state index in [1.54, 1.807) is 55.8 Å². The molecule has 0 N–H and O–H groups in total. The second-order valence-corrected chi connectivity index (χ2v) is 15.0. The van der Waals surface area contributed by atoms with Gasteiger partial charge < -0.3 is 14.1 Å². The zero-order chi connectivity index (χ0) is 33.6. The molecule has 2 fully saturated rings. The molecule has 48 heavy (non-hydrogen) atoms. The van der Waals surface area contributed by atoms with Crippen molar-refractivity contribution in [2.24, 2.45) is 0 Å². The molecule has 0 bridgehead atoms. The zero-order valence-electron chi connectivity index (χ0n) is 27.4. The highest BCUT2D eigenvalue weighted by molar-refractivity contribution is 7.93. The van der Waals surface area contributed by atoms with Gasteiger partial charge in [0.1, 0.15) is 12.0 Å². The van der Waals surface area contributed by atoms with Crippen LogP contribution >= 0.6 is 11.6 Å². The number of hydrogen-bond acceptors (Lipinski definition) is 9. The average Bonchev–Trinajstić information content (AvgIpc) is 3.85. The molecule has 12 heteroatoms. The second-order valence-electron chi connectivity index (χ2n) is 12.8. The maximum atomic E-state index is 15.6. The van der Waals surface area contributed by atoms with Crippen molar-refractivity contribution in [3.63, 3.8) is 0 Å². The Labute approximate surface area is 286 Å². The van der Waals surface area contributed by atoms with E-state index >= 15 is 4.79 Å². The van der Waals surface area contributed by atoms with Crippen LogP contribution in [0.25, 0.3) is 0 Å². The van der Waals surface area contributed by atoms with Crippen molar-refractivity contribution in [2.75, 3.05) is 51.2 Å². The largest absolute Gasteiger partial charge is 0.496 e. The number of oxazole rings is 1. The molecule has 1 unspecified atom stereocenters. The fraction of sp³-hybridized carbons (Fsp3) is 0.389. The van der Waals surface area contributed by atoms with Crippen LogP contribution < -0.4 is 9.04 Å². The van der Waals surface area contributed by atoms with Gasteiger partial charge in [-0.05, 0) is 79.9 Å². The molecular weight excluding hydrogens is 650 g/mol. The number of halogens is 1. The number of methoxy groups -OCH3 is 1. The van der Waals surface area contributed by atoms with E-state index in [-0.39, 0.29) is 10.6 Å². The number of ether oxygens (including phenoxy) is 1. The Kier molecular flexibility index (Phi) is 8.84. The number of likely N-dealkylation sites (N-methyl/N-ethyl adjacent to an activating group) is 1. The fourth-order valence-electron chi connectivity index (χ4n) is 7.50. The van der Waals surface area contributed by atoms with Gasteiger partial charge in [0.05, 0.1) is 29.9 Å². The van der Waals surface area contributed by atoms with Crippen LogP contribution in [0.4, 0.5) is 5.69 Å². The van der Waals surface area contributed by atoms with Crippen molar-refractivity contribution < 1.29 is 22.4 Å². The summed E-state index contributed by atoms with van der Waals surface area (Å²) in [5.74, 6) is 0.320. The SMILES string of the molecule is CCc1ccc(S(=O)(=O)N2C(=O)C(c3cc(CN4CCN(C)CC4)ccc3OC)(N3CCC[C@H]3c3ncco3)c3cc(Cl)ccc32)cc1. The summed E-state index contributed by atoms with van der Waals surface area (Å²) in [5.41, 5.74) is 1.65. The van der Waals surface area contributed by atoms with Crippen LogP contribution in [0.5, 0.6) is 5.75 Å². The molecule has 7 rings (SSSR count). The number of hydrogen-bond donors (Lipinski definition) is 0. The molecule has 3 aliphatic heterocycles. The number of sulfonamides is 1. The topological polar surface area (TPSA) is 99.4 Å². The van der Waals surface area contributed by atoms with Gasteiger partial charge >= 0.3 is 0 Å². The minimum absolute atomic E-state index is 0.0335. The maximum Gasteiger partial charge on any atom is 0.271 e. The number of benzene rings is 3. The van der Waals surface area contributed by atoms with Crippen molar-refractivity contribution in [2.45, 2.75) is 49.2 Å². The predicted molar refractivity (Wildman–Crippen MR) is 184 cm³/mol. The molecule has 2 atom stereocenters. The number of amides is 1. The molecule has 0 aliphatic carbocycles. The normalized spacial score (nSPS) is 22.4. The van der Waals surface area contributed by atoms with Crippen LogP contribution in [0, 0.1) is 0 Å². The van der Waals surface area contributed by atoms with E-state index in [1.807, 2.05) is 30.0 Å². The number of nitrogens with zero attached hydrogens (tertiary/aromatic N) is 5. The van der Waals surface area contributed by atoms with Crippen molar-refractivity contribution >= 4 is 33.2 Å². The minimum Gasteiger partial charge on any atom is -0.496 e. The minimum atomic E-state index is -4.36. The number of piperazine rings is 1. The van der Waals surface area contributed by atoms with Gasteiger partial charge in [0, 0.05) is 55.4 Å². The number of fused-ring (bicyclic) bond motifs is 1. The Morgan fingerprint density at radius 3 is 2.42 bits per heavy atom. The van der Waals surface area contributed by atoms with E-state index in [1.165, 1.54) is 6.26 Å². The van der Waals surface area contributed by atoms with Gasteiger partial charge in [-0.2, -0.15) is 0 Å². The standard InChI is InChI=1S/C36H40ClN5O5S/c1-4-25-7-11-28(12-8-25)48(44,45)42-31-13-10-27(37)23-29(31)36(35(42)43,41-16-5-6-32(41)34-38-15-21-47-34)30-22-26(9-14-33(30)46-3)24-40-19-17-39(2)18-20-40/h7-15,21-23,32H,4-6,16-20,24H2,1-3H3/t32-,36?/m0/s1. The van der Waals surface area contributed by atoms with Gasteiger partial charge in [0.2, 0.25) is 5.89 Å². The summed E-state index contributed by atoms with van der Waals surface area (Å²) in [6.07, 6.45) is 5.28. The number of aryl methyl sites for hydroxylation is 1. The summed E-state index contributed by atoms with van der Waals surface area (Å²) in [7, 11) is -0.657. The van der Waals surface area contributed by atoms with Gasteiger partial charge in [-0.3, -0.25) is 14.6 Å². The first-order chi connectivity index (χ1) is 23.2. The van der Waals surface area contributed by atoms with Crippen LogP contribution in [0.2, 0.25) is 5.02 Å². The van der Waals surface area contributed by atoms with E-state index in [0.29, 0.717) is 47.3 Å². The summed E-state index contributed by atoms with van der Waals surface area (Å²) in [5, 5.41) is 0.386. The van der Waals surface area contributed by atoms with E-state index in [4.69, 9.17) is 20.8 Å². The lowest BCUT2D eigenvalue weighted by molar-refractivity contribution is -0.127. The second kappa shape index (κ2) is 12.9. The van der Waals surface area contributed by atoms with Crippen LogP contribution in [0.1, 0.15) is 54.0 Å². The molecule has 1 amide bonds. The number of likely N-dealkylation sites (tertiary alicyclic amines) is 1. The molecule has 0 spiro atoms. The molecule has 252 valence electrons. The van der Waals surface area contributed by atoms with Crippen LogP contribution in [0.15, 0.2) is 82.4 Å².